The van der Waals surface area contributed by atoms with Crippen LogP contribution in [0, 0.1) is 0 Å². The number of carbonyl (C=O) groups excluding carboxylic acids is 2. The number of fused-ring (bicyclic) bond motifs is 1. The molecule has 0 aliphatic rings. The van der Waals surface area contributed by atoms with Gasteiger partial charge in [-0.15, -0.1) is 13.2 Å². The van der Waals surface area contributed by atoms with Crippen LogP contribution >= 0.6 is 0 Å². The number of amides is 2. The Hall–Kier alpha value is -4.51. The number of ether oxygens (including phenoxy) is 2. The lowest BCUT2D eigenvalue weighted by atomic mass is 10.1. The molecule has 192 valence electrons. The fourth-order valence-corrected chi connectivity index (χ4v) is 3.44. The summed E-state index contributed by atoms with van der Waals surface area (Å²) in [7, 11) is 0. The fourth-order valence-electron chi connectivity index (χ4n) is 3.44. The van der Waals surface area contributed by atoms with Gasteiger partial charge in [0.15, 0.2) is 5.76 Å². The number of nitrogens with two attached hydrogens (primary N) is 1. The molecule has 37 heavy (non-hydrogen) atoms. The van der Waals surface area contributed by atoms with Crippen molar-refractivity contribution in [3.63, 3.8) is 0 Å². The molecule has 2 amide bonds. The maximum Gasteiger partial charge on any atom is 0.522 e. The van der Waals surface area contributed by atoms with Crippen LogP contribution < -0.4 is 21.1 Å². The summed E-state index contributed by atoms with van der Waals surface area (Å²) in [6.07, 6.45) is -4.78. The predicted octanol–water partition coefficient (Wildman–Crippen LogP) is 5.11. The van der Waals surface area contributed by atoms with Crippen LogP contribution in [0.4, 0.5) is 24.5 Å². The van der Waals surface area contributed by atoms with Crippen LogP contribution in [0.1, 0.15) is 26.5 Å². The number of hydrogen-bond donors (Lipinski definition) is 3. The van der Waals surface area contributed by atoms with Gasteiger partial charge in [-0.1, -0.05) is 30.3 Å². The molecule has 11 heteroatoms. The number of alkyl halides is 3. The van der Waals surface area contributed by atoms with Crippen molar-refractivity contribution in [1.82, 2.24) is 5.32 Å². The molecule has 4 N–H and O–H groups in total. The molecule has 8 nitrogen and oxygen atoms in total. The largest absolute Gasteiger partial charge is 0.522 e. The third kappa shape index (κ3) is 6.79. The molecule has 0 bridgehead atoms. The van der Waals surface area contributed by atoms with E-state index in [0.29, 0.717) is 28.1 Å². The number of anilines is 2. The highest BCUT2D eigenvalue weighted by Gasteiger charge is 2.29. The van der Waals surface area contributed by atoms with Crippen LogP contribution in [0.3, 0.4) is 0 Å². The van der Waals surface area contributed by atoms with Gasteiger partial charge < -0.3 is 25.5 Å². The van der Waals surface area contributed by atoms with Crippen molar-refractivity contribution in [2.45, 2.75) is 13.0 Å². The summed E-state index contributed by atoms with van der Waals surface area (Å²) < 4.78 is 52.0. The van der Waals surface area contributed by atoms with Crippen molar-refractivity contribution >= 4 is 34.2 Å². The second-order valence-electron chi connectivity index (χ2n) is 7.85. The van der Waals surface area contributed by atoms with Gasteiger partial charge >= 0.3 is 6.36 Å². The normalized spacial score (nSPS) is 11.3. The zero-order valence-corrected chi connectivity index (χ0v) is 19.3. The Bertz CT molecular complexity index is 1400. The average Bonchev–Trinajstić information content (AvgIpc) is 3.32. The lowest BCUT2D eigenvalue weighted by molar-refractivity contribution is -0.330. The van der Waals surface area contributed by atoms with Crippen LogP contribution in [0.15, 0.2) is 77.2 Å². The SMILES string of the molecule is Nc1ccccc1NC(=O)c1ccc(OCCNC(=O)c2cc3cccc(COC(F)(F)F)c3o2)cc1. The zero-order chi connectivity index (χ0) is 26.4. The monoisotopic (exact) mass is 513 g/mol. The molecule has 4 aromatic rings. The first-order chi connectivity index (χ1) is 17.7. The van der Waals surface area contributed by atoms with Gasteiger partial charge in [-0.25, -0.2) is 0 Å². The number of nitrogen functional groups attached to an aromatic ring is 1. The molecule has 0 aliphatic carbocycles. The summed E-state index contributed by atoms with van der Waals surface area (Å²) >= 11 is 0. The Morgan fingerprint density at radius 2 is 1.70 bits per heavy atom. The van der Waals surface area contributed by atoms with Gasteiger partial charge in [-0.2, -0.15) is 0 Å². The molecule has 0 unspecified atom stereocenters. The molecular weight excluding hydrogens is 491 g/mol. The Labute approximate surface area is 209 Å². The molecule has 0 fully saturated rings. The van der Waals surface area contributed by atoms with Crippen molar-refractivity contribution in [3.05, 3.63) is 89.7 Å². The van der Waals surface area contributed by atoms with Crippen LogP contribution in [0.5, 0.6) is 5.75 Å². The fraction of sp³-hybridized carbons (Fsp3) is 0.154. The zero-order valence-electron chi connectivity index (χ0n) is 19.3. The molecule has 1 heterocycles. The summed E-state index contributed by atoms with van der Waals surface area (Å²) in [5, 5.41) is 5.83. The molecule has 0 spiro atoms. The lowest BCUT2D eigenvalue weighted by Gasteiger charge is -2.09. The van der Waals surface area contributed by atoms with Crippen LogP contribution in [-0.4, -0.2) is 31.3 Å². The quantitative estimate of drug-likeness (QED) is 0.212. The molecular formula is C26H22F3N3O5. The number of furan rings is 1. The van der Waals surface area contributed by atoms with E-state index in [-0.39, 0.29) is 36.0 Å². The highest BCUT2D eigenvalue weighted by Crippen LogP contribution is 2.26. The van der Waals surface area contributed by atoms with Crippen molar-refractivity contribution < 1.29 is 36.7 Å². The Balaban J connectivity index is 1.27. The van der Waals surface area contributed by atoms with Crippen molar-refractivity contribution in [1.29, 1.82) is 0 Å². The minimum atomic E-state index is -4.78. The first-order valence-electron chi connectivity index (χ1n) is 11.1. The molecule has 0 saturated heterocycles. The lowest BCUT2D eigenvalue weighted by Crippen LogP contribution is -2.27. The maximum atomic E-state index is 12.4. The predicted molar refractivity (Wildman–Crippen MR) is 130 cm³/mol. The standard InChI is InChI=1S/C26H22F3N3O5/c27-26(28,29)36-15-18-5-3-4-17-14-22(37-23(17)18)25(34)31-12-13-35-19-10-8-16(9-11-19)24(33)32-21-7-2-1-6-20(21)30/h1-11,14H,12-13,15,30H2,(H,31,34)(H,32,33). The second kappa shape index (κ2) is 11.0. The third-order valence-electron chi connectivity index (χ3n) is 5.22. The van der Waals surface area contributed by atoms with Gasteiger partial charge in [-0.05, 0) is 42.5 Å². The van der Waals surface area contributed by atoms with Crippen molar-refractivity contribution in [2.75, 3.05) is 24.2 Å². The summed E-state index contributed by atoms with van der Waals surface area (Å²) in [6, 6.07) is 19.4. The first-order valence-corrected chi connectivity index (χ1v) is 11.1. The van der Waals surface area contributed by atoms with Gasteiger partial charge in [-0.3, -0.25) is 14.3 Å². The minimum absolute atomic E-state index is 0.0520. The van der Waals surface area contributed by atoms with Crippen molar-refractivity contribution in [2.24, 2.45) is 0 Å². The summed E-state index contributed by atoms with van der Waals surface area (Å²) in [5.74, 6) is -0.433. The first kappa shape index (κ1) is 25.6. The van der Waals surface area contributed by atoms with Crippen LogP contribution in [0.2, 0.25) is 0 Å². The van der Waals surface area contributed by atoms with Crippen molar-refractivity contribution in [3.8, 4) is 5.75 Å². The topological polar surface area (TPSA) is 116 Å². The van der Waals surface area contributed by atoms with Gasteiger partial charge in [0.1, 0.15) is 17.9 Å². The molecule has 1 aromatic heterocycles. The number of para-hydroxylation sites is 3. The van der Waals surface area contributed by atoms with E-state index in [4.69, 9.17) is 14.9 Å². The summed E-state index contributed by atoms with van der Waals surface area (Å²) in [5.41, 5.74) is 7.53. The van der Waals surface area contributed by atoms with E-state index in [0.717, 1.165) is 0 Å². The number of carbonyl (C=O) groups is 2. The average molecular weight is 513 g/mol. The molecule has 0 radical (unpaired) electrons. The number of benzene rings is 3. The van der Waals surface area contributed by atoms with Crippen LogP contribution in [0.25, 0.3) is 11.0 Å². The number of hydrogen-bond acceptors (Lipinski definition) is 6. The molecule has 4 rings (SSSR count). The van der Waals surface area contributed by atoms with E-state index in [1.54, 1.807) is 60.7 Å². The summed E-state index contributed by atoms with van der Waals surface area (Å²) in [4.78, 5) is 24.8. The Morgan fingerprint density at radius 3 is 2.43 bits per heavy atom. The van der Waals surface area contributed by atoms with Gasteiger partial charge in [0.2, 0.25) is 0 Å². The maximum absolute atomic E-state index is 12.4. The van der Waals surface area contributed by atoms with E-state index in [1.807, 2.05) is 0 Å². The number of nitrogens with one attached hydrogen (secondary N) is 2. The van der Waals surface area contributed by atoms with E-state index in [2.05, 4.69) is 15.4 Å². The molecule has 3 aromatic carbocycles. The molecule has 0 atom stereocenters. The van der Waals surface area contributed by atoms with Gasteiger partial charge in [0, 0.05) is 16.5 Å². The second-order valence-corrected chi connectivity index (χ2v) is 7.85. The number of rotatable bonds is 9. The van der Waals surface area contributed by atoms with E-state index in [9.17, 15) is 22.8 Å². The van der Waals surface area contributed by atoms with E-state index >= 15 is 0 Å². The highest BCUT2D eigenvalue weighted by atomic mass is 19.4. The minimum Gasteiger partial charge on any atom is -0.492 e. The molecule has 0 aliphatic heterocycles. The van der Waals surface area contributed by atoms with Gasteiger partial charge in [0.25, 0.3) is 11.8 Å². The smallest absolute Gasteiger partial charge is 0.492 e. The Morgan fingerprint density at radius 1 is 0.946 bits per heavy atom. The van der Waals surface area contributed by atoms with Gasteiger partial charge in [0.05, 0.1) is 24.5 Å². The summed E-state index contributed by atoms with van der Waals surface area (Å²) in [6.45, 7) is -0.470. The number of halogens is 3. The van der Waals surface area contributed by atoms with E-state index < -0.39 is 18.9 Å². The molecule has 0 saturated carbocycles. The third-order valence-corrected chi connectivity index (χ3v) is 5.22. The highest BCUT2D eigenvalue weighted by molar-refractivity contribution is 6.05. The Kier molecular flexibility index (Phi) is 7.63. The van der Waals surface area contributed by atoms with E-state index in [1.165, 1.54) is 12.1 Å². The van der Waals surface area contributed by atoms with Crippen LogP contribution in [-0.2, 0) is 11.3 Å².